The Morgan fingerprint density at radius 1 is 1.00 bits per heavy atom. The Bertz CT molecular complexity index is 1280. The van der Waals surface area contributed by atoms with Gasteiger partial charge < -0.3 is 19.1 Å². The van der Waals surface area contributed by atoms with Crippen LogP contribution in [-0.4, -0.2) is 58.5 Å². The van der Waals surface area contributed by atoms with Gasteiger partial charge in [0.05, 0.1) is 19.4 Å². The summed E-state index contributed by atoms with van der Waals surface area (Å²) in [5.41, 5.74) is 2.85. The molecule has 4 aromatic rings. The molecule has 0 spiro atoms. The number of para-hydroxylation sites is 2. The van der Waals surface area contributed by atoms with Crippen LogP contribution in [0.25, 0.3) is 11.5 Å². The van der Waals surface area contributed by atoms with Crippen molar-refractivity contribution in [1.29, 1.82) is 0 Å². The molecule has 0 bridgehead atoms. The van der Waals surface area contributed by atoms with E-state index in [2.05, 4.69) is 16.1 Å². The number of amides is 1. The van der Waals surface area contributed by atoms with Crippen molar-refractivity contribution >= 4 is 11.6 Å². The van der Waals surface area contributed by atoms with E-state index in [0.717, 1.165) is 24.3 Å². The average molecular weight is 460 g/mol. The van der Waals surface area contributed by atoms with Crippen LogP contribution in [0.4, 0.5) is 10.1 Å². The van der Waals surface area contributed by atoms with E-state index in [0.29, 0.717) is 31.1 Å². The van der Waals surface area contributed by atoms with Gasteiger partial charge in [0.15, 0.2) is 5.82 Å². The normalized spacial score (nSPS) is 13.8. The van der Waals surface area contributed by atoms with Crippen molar-refractivity contribution < 1.29 is 13.9 Å². The van der Waals surface area contributed by atoms with Crippen molar-refractivity contribution in [2.75, 3.05) is 38.3 Å². The highest BCUT2D eigenvalue weighted by molar-refractivity contribution is 5.97. The summed E-state index contributed by atoms with van der Waals surface area (Å²) in [6.07, 6.45) is 5.15. The van der Waals surface area contributed by atoms with E-state index >= 15 is 0 Å². The Kier molecular flexibility index (Phi) is 6.14. The molecule has 0 radical (unpaired) electrons. The molecule has 1 aliphatic rings. The average Bonchev–Trinajstić information content (AvgIpc) is 3.55. The summed E-state index contributed by atoms with van der Waals surface area (Å²) in [6.45, 7) is 3.46. The SMILES string of the molecule is CN(Cc1ccccc1N1CCOCC1)C(=O)c1cnn(-c2ccccc2F)c1-n1cccc1. The van der Waals surface area contributed by atoms with Crippen LogP contribution in [0.15, 0.2) is 79.3 Å². The molecular weight excluding hydrogens is 433 g/mol. The topological polar surface area (TPSA) is 55.5 Å². The van der Waals surface area contributed by atoms with E-state index in [1.165, 1.54) is 16.9 Å². The molecule has 0 atom stereocenters. The van der Waals surface area contributed by atoms with E-state index in [4.69, 9.17) is 4.74 Å². The fourth-order valence-corrected chi connectivity index (χ4v) is 4.31. The largest absolute Gasteiger partial charge is 0.378 e. The number of morpholine rings is 1. The number of carbonyl (C=O) groups is 1. The maximum absolute atomic E-state index is 14.6. The summed E-state index contributed by atoms with van der Waals surface area (Å²) in [4.78, 5) is 17.6. The maximum atomic E-state index is 14.6. The molecule has 1 amide bonds. The highest BCUT2D eigenvalue weighted by Gasteiger charge is 2.25. The zero-order chi connectivity index (χ0) is 23.5. The number of rotatable bonds is 6. The molecule has 0 unspecified atom stereocenters. The summed E-state index contributed by atoms with van der Waals surface area (Å²) in [5.74, 6) is -0.109. The molecule has 7 nitrogen and oxygen atoms in total. The van der Waals surface area contributed by atoms with Gasteiger partial charge in [-0.15, -0.1) is 0 Å². The van der Waals surface area contributed by atoms with Gasteiger partial charge in [0.2, 0.25) is 0 Å². The number of aromatic nitrogens is 3. The van der Waals surface area contributed by atoms with Crippen LogP contribution >= 0.6 is 0 Å². The standard InChI is InChI=1S/C26H26FN5O2/c1-29(19-20-8-2-4-10-23(20)30-14-16-34-17-15-30)26(33)21-18-28-32(24-11-5-3-9-22(24)27)25(21)31-12-6-7-13-31/h2-13,18H,14-17,19H2,1H3. The molecule has 174 valence electrons. The van der Waals surface area contributed by atoms with Crippen molar-refractivity contribution in [2.45, 2.75) is 6.54 Å². The summed E-state index contributed by atoms with van der Waals surface area (Å²) < 4.78 is 23.3. The quantitative estimate of drug-likeness (QED) is 0.439. The van der Waals surface area contributed by atoms with Gasteiger partial charge >= 0.3 is 0 Å². The van der Waals surface area contributed by atoms with Gasteiger partial charge in [-0.2, -0.15) is 5.10 Å². The maximum Gasteiger partial charge on any atom is 0.259 e. The molecular formula is C26H26FN5O2. The number of hydrogen-bond donors (Lipinski definition) is 0. The lowest BCUT2D eigenvalue weighted by molar-refractivity contribution is 0.0785. The Morgan fingerprint density at radius 3 is 2.41 bits per heavy atom. The minimum Gasteiger partial charge on any atom is -0.378 e. The number of halogens is 1. The Labute approximate surface area is 197 Å². The van der Waals surface area contributed by atoms with Crippen LogP contribution in [0.3, 0.4) is 0 Å². The first-order chi connectivity index (χ1) is 16.6. The van der Waals surface area contributed by atoms with Crippen molar-refractivity contribution in [3.8, 4) is 11.5 Å². The molecule has 34 heavy (non-hydrogen) atoms. The van der Waals surface area contributed by atoms with Crippen LogP contribution < -0.4 is 4.90 Å². The Balaban J connectivity index is 1.47. The number of benzene rings is 2. The first-order valence-corrected chi connectivity index (χ1v) is 11.3. The number of anilines is 1. The lowest BCUT2D eigenvalue weighted by atomic mass is 10.1. The van der Waals surface area contributed by atoms with E-state index in [1.54, 1.807) is 34.7 Å². The second-order valence-corrected chi connectivity index (χ2v) is 8.22. The van der Waals surface area contributed by atoms with Gasteiger partial charge in [0.25, 0.3) is 5.91 Å². The predicted molar refractivity (Wildman–Crippen MR) is 128 cm³/mol. The molecule has 0 N–H and O–H groups in total. The monoisotopic (exact) mass is 459 g/mol. The third-order valence-electron chi connectivity index (χ3n) is 6.00. The zero-order valence-corrected chi connectivity index (χ0v) is 19.0. The van der Waals surface area contributed by atoms with Crippen LogP contribution in [0.5, 0.6) is 0 Å². The summed E-state index contributed by atoms with van der Waals surface area (Å²) >= 11 is 0. The van der Waals surface area contributed by atoms with Gasteiger partial charge in [0, 0.05) is 44.8 Å². The molecule has 2 aromatic heterocycles. The van der Waals surface area contributed by atoms with Gasteiger partial charge in [-0.1, -0.05) is 30.3 Å². The number of nitrogens with zero attached hydrogens (tertiary/aromatic N) is 5. The second-order valence-electron chi connectivity index (χ2n) is 8.22. The summed E-state index contributed by atoms with van der Waals surface area (Å²) in [6, 6.07) is 18.2. The van der Waals surface area contributed by atoms with Crippen molar-refractivity contribution in [3.05, 3.63) is 96.2 Å². The lowest BCUT2D eigenvalue weighted by Crippen LogP contribution is -2.37. The first-order valence-electron chi connectivity index (χ1n) is 11.3. The molecule has 1 saturated heterocycles. The lowest BCUT2D eigenvalue weighted by Gasteiger charge is -2.31. The fourth-order valence-electron chi connectivity index (χ4n) is 4.31. The van der Waals surface area contributed by atoms with E-state index in [9.17, 15) is 9.18 Å². The minimum absolute atomic E-state index is 0.192. The highest BCUT2D eigenvalue weighted by Crippen LogP contribution is 2.26. The predicted octanol–water partition coefficient (Wildman–Crippen LogP) is 3.91. The molecule has 0 aliphatic carbocycles. The van der Waals surface area contributed by atoms with Crippen LogP contribution in [0, 0.1) is 5.82 Å². The third-order valence-corrected chi connectivity index (χ3v) is 6.00. The number of hydrogen-bond acceptors (Lipinski definition) is 4. The molecule has 5 rings (SSSR count). The van der Waals surface area contributed by atoms with Gasteiger partial charge in [0.1, 0.15) is 17.1 Å². The van der Waals surface area contributed by atoms with Crippen LogP contribution in [0.2, 0.25) is 0 Å². The van der Waals surface area contributed by atoms with Crippen molar-refractivity contribution in [3.63, 3.8) is 0 Å². The van der Waals surface area contributed by atoms with Crippen molar-refractivity contribution in [1.82, 2.24) is 19.2 Å². The Hall–Kier alpha value is -3.91. The van der Waals surface area contributed by atoms with Crippen LogP contribution in [-0.2, 0) is 11.3 Å². The number of carbonyl (C=O) groups excluding carboxylic acids is 1. The van der Waals surface area contributed by atoms with E-state index in [1.807, 2.05) is 42.7 Å². The smallest absolute Gasteiger partial charge is 0.259 e. The molecule has 8 heteroatoms. The molecule has 0 saturated carbocycles. The molecule has 1 fully saturated rings. The minimum atomic E-state index is -0.411. The van der Waals surface area contributed by atoms with E-state index < -0.39 is 5.82 Å². The van der Waals surface area contributed by atoms with Crippen molar-refractivity contribution in [2.24, 2.45) is 0 Å². The fraction of sp³-hybridized carbons (Fsp3) is 0.231. The van der Waals surface area contributed by atoms with Gasteiger partial charge in [-0.05, 0) is 35.9 Å². The molecule has 1 aliphatic heterocycles. The number of ether oxygens (including phenoxy) is 1. The summed E-state index contributed by atoms with van der Waals surface area (Å²) in [7, 11) is 1.78. The Morgan fingerprint density at radius 2 is 1.68 bits per heavy atom. The molecule has 2 aromatic carbocycles. The van der Waals surface area contributed by atoms with E-state index in [-0.39, 0.29) is 11.6 Å². The highest BCUT2D eigenvalue weighted by atomic mass is 19.1. The summed E-state index contributed by atoms with van der Waals surface area (Å²) in [5, 5.41) is 4.39. The second kappa shape index (κ2) is 9.52. The third kappa shape index (κ3) is 4.20. The van der Waals surface area contributed by atoms with Gasteiger partial charge in [-0.25, -0.2) is 9.07 Å². The molecule has 3 heterocycles. The van der Waals surface area contributed by atoms with Crippen LogP contribution in [0.1, 0.15) is 15.9 Å². The van der Waals surface area contributed by atoms with Gasteiger partial charge in [-0.3, -0.25) is 4.79 Å². The zero-order valence-electron chi connectivity index (χ0n) is 19.0. The first kappa shape index (κ1) is 21.9.